The van der Waals surface area contributed by atoms with Crippen molar-refractivity contribution in [1.82, 2.24) is 29.3 Å². The van der Waals surface area contributed by atoms with E-state index in [-0.39, 0.29) is 5.56 Å². The number of ether oxygens (including phenoxy) is 1. The van der Waals surface area contributed by atoms with Gasteiger partial charge in [-0.1, -0.05) is 0 Å². The van der Waals surface area contributed by atoms with Crippen molar-refractivity contribution in [2.45, 2.75) is 6.54 Å². The van der Waals surface area contributed by atoms with Crippen LogP contribution in [0.5, 0.6) is 0 Å². The Balaban J connectivity index is 1.65. The van der Waals surface area contributed by atoms with Gasteiger partial charge >= 0.3 is 0 Å². The Bertz CT molecular complexity index is 865. The number of hydrogen-bond acceptors (Lipinski definition) is 6. The van der Waals surface area contributed by atoms with Gasteiger partial charge in [0.15, 0.2) is 11.2 Å². The van der Waals surface area contributed by atoms with Gasteiger partial charge in [0.1, 0.15) is 5.52 Å². The first-order valence-corrected chi connectivity index (χ1v) is 7.32. The molecule has 0 aromatic carbocycles. The van der Waals surface area contributed by atoms with Gasteiger partial charge in [-0.25, -0.2) is 4.52 Å². The molecule has 0 radical (unpaired) electrons. The summed E-state index contributed by atoms with van der Waals surface area (Å²) >= 11 is 0. The van der Waals surface area contributed by atoms with Crippen molar-refractivity contribution in [2.75, 3.05) is 32.8 Å². The molecule has 0 N–H and O–H groups in total. The zero-order valence-electron chi connectivity index (χ0n) is 12.1. The van der Waals surface area contributed by atoms with Crippen LogP contribution in [0.15, 0.2) is 29.3 Å². The van der Waals surface area contributed by atoms with E-state index in [0.717, 1.165) is 32.8 Å². The predicted octanol–water partition coefficient (Wildman–Crippen LogP) is -0.229. The molecule has 8 nitrogen and oxygen atoms in total. The van der Waals surface area contributed by atoms with Gasteiger partial charge in [-0.3, -0.25) is 9.69 Å². The Morgan fingerprint density at radius 3 is 2.86 bits per heavy atom. The molecule has 4 rings (SSSR count). The van der Waals surface area contributed by atoms with Crippen molar-refractivity contribution < 1.29 is 4.74 Å². The summed E-state index contributed by atoms with van der Waals surface area (Å²) in [6.07, 6.45) is 3.45. The van der Waals surface area contributed by atoms with E-state index in [1.807, 2.05) is 6.07 Å². The predicted molar refractivity (Wildman–Crippen MR) is 79.8 cm³/mol. The highest BCUT2D eigenvalue weighted by Gasteiger charge is 2.12. The van der Waals surface area contributed by atoms with Crippen LogP contribution in [0.3, 0.4) is 0 Å². The summed E-state index contributed by atoms with van der Waals surface area (Å²) < 4.78 is 8.65. The number of pyridine rings is 1. The van der Waals surface area contributed by atoms with E-state index in [1.54, 1.807) is 27.5 Å². The van der Waals surface area contributed by atoms with E-state index in [2.05, 4.69) is 20.2 Å². The molecule has 4 heterocycles. The van der Waals surface area contributed by atoms with Crippen LogP contribution in [-0.2, 0) is 11.3 Å². The van der Waals surface area contributed by atoms with Crippen molar-refractivity contribution in [1.29, 1.82) is 0 Å². The molecule has 0 atom stereocenters. The molecule has 3 aromatic rings. The van der Waals surface area contributed by atoms with Gasteiger partial charge < -0.3 is 9.30 Å². The van der Waals surface area contributed by atoms with Gasteiger partial charge in [-0.05, 0) is 6.07 Å². The maximum absolute atomic E-state index is 12.5. The van der Waals surface area contributed by atoms with E-state index in [0.29, 0.717) is 23.2 Å². The molecule has 114 valence electrons. The Hall–Kier alpha value is -2.32. The smallest absolute Gasteiger partial charge is 0.280 e. The van der Waals surface area contributed by atoms with Crippen molar-refractivity contribution >= 4 is 16.7 Å². The molecule has 1 aliphatic rings. The van der Waals surface area contributed by atoms with Crippen LogP contribution in [0.4, 0.5) is 0 Å². The third-order valence-electron chi connectivity index (χ3n) is 3.98. The largest absolute Gasteiger partial charge is 0.379 e. The van der Waals surface area contributed by atoms with E-state index in [9.17, 15) is 4.79 Å². The Morgan fingerprint density at radius 2 is 2.00 bits per heavy atom. The minimum Gasteiger partial charge on any atom is -0.379 e. The highest BCUT2D eigenvalue weighted by molar-refractivity contribution is 5.74. The average Bonchev–Trinajstić information content (AvgIpc) is 3.04. The van der Waals surface area contributed by atoms with E-state index >= 15 is 0 Å². The number of hydrogen-bond donors (Lipinski definition) is 0. The summed E-state index contributed by atoms with van der Waals surface area (Å²) in [4.78, 5) is 14.8. The van der Waals surface area contributed by atoms with Crippen LogP contribution in [0.2, 0.25) is 0 Å². The van der Waals surface area contributed by atoms with Gasteiger partial charge in [0, 0.05) is 38.4 Å². The first-order valence-electron chi connectivity index (χ1n) is 7.32. The van der Waals surface area contributed by atoms with Crippen molar-refractivity contribution in [3.8, 4) is 0 Å². The molecule has 22 heavy (non-hydrogen) atoms. The van der Waals surface area contributed by atoms with Crippen molar-refractivity contribution in [3.05, 3.63) is 34.9 Å². The molecule has 0 aliphatic carbocycles. The number of nitrogens with zero attached hydrogens (tertiary/aromatic N) is 6. The monoisotopic (exact) mass is 300 g/mol. The SMILES string of the molecule is O=c1c2nnc3ccnn3c2ccn1CCN1CCOCC1. The number of fused-ring (bicyclic) bond motifs is 3. The topological polar surface area (TPSA) is 77.6 Å². The van der Waals surface area contributed by atoms with Crippen LogP contribution in [0, 0.1) is 0 Å². The summed E-state index contributed by atoms with van der Waals surface area (Å²) in [5.74, 6) is 0. The standard InChI is InChI=1S/C14H16N6O2/c21-14-13-11(20-12(16-17-13)1-3-15-20)2-4-19(14)6-5-18-7-9-22-10-8-18/h1-4H,5-10H2. The molecule has 0 bridgehead atoms. The lowest BCUT2D eigenvalue weighted by molar-refractivity contribution is 0.0363. The zero-order valence-corrected chi connectivity index (χ0v) is 12.1. The lowest BCUT2D eigenvalue weighted by Crippen LogP contribution is -2.39. The number of aromatic nitrogens is 5. The van der Waals surface area contributed by atoms with Gasteiger partial charge in [0.2, 0.25) is 0 Å². The number of rotatable bonds is 3. The normalized spacial score (nSPS) is 16.5. The summed E-state index contributed by atoms with van der Waals surface area (Å²) in [6, 6.07) is 3.63. The average molecular weight is 300 g/mol. The summed E-state index contributed by atoms with van der Waals surface area (Å²) in [6.45, 7) is 4.80. The fourth-order valence-corrected chi connectivity index (χ4v) is 2.73. The third kappa shape index (κ3) is 2.26. The first-order chi connectivity index (χ1) is 10.8. The highest BCUT2D eigenvalue weighted by atomic mass is 16.5. The first kappa shape index (κ1) is 13.4. The molecule has 1 fully saturated rings. The van der Waals surface area contributed by atoms with Crippen LogP contribution < -0.4 is 5.56 Å². The van der Waals surface area contributed by atoms with Gasteiger partial charge in [-0.2, -0.15) is 5.10 Å². The lowest BCUT2D eigenvalue weighted by Gasteiger charge is -2.26. The van der Waals surface area contributed by atoms with Crippen molar-refractivity contribution in [3.63, 3.8) is 0 Å². The minimum absolute atomic E-state index is 0.129. The Kier molecular flexibility index (Phi) is 3.32. The minimum atomic E-state index is -0.129. The Labute approximate surface area is 125 Å². The van der Waals surface area contributed by atoms with Crippen LogP contribution in [0.1, 0.15) is 0 Å². The molecule has 8 heteroatoms. The summed E-state index contributed by atoms with van der Waals surface area (Å²) in [5.41, 5.74) is 1.54. The third-order valence-corrected chi connectivity index (χ3v) is 3.98. The summed E-state index contributed by atoms with van der Waals surface area (Å²) in [7, 11) is 0. The second-order valence-electron chi connectivity index (χ2n) is 5.30. The Morgan fingerprint density at radius 1 is 1.14 bits per heavy atom. The summed E-state index contributed by atoms with van der Waals surface area (Å²) in [5, 5.41) is 12.3. The molecule has 0 spiro atoms. The molecular formula is C14H16N6O2. The molecule has 0 amide bonds. The molecule has 1 aliphatic heterocycles. The number of morpholine rings is 1. The second-order valence-corrected chi connectivity index (χ2v) is 5.30. The molecule has 0 unspecified atom stereocenters. The highest BCUT2D eigenvalue weighted by Crippen LogP contribution is 2.08. The van der Waals surface area contributed by atoms with Crippen molar-refractivity contribution in [2.24, 2.45) is 0 Å². The molecule has 1 saturated heterocycles. The van der Waals surface area contributed by atoms with Crippen LogP contribution in [0.25, 0.3) is 16.7 Å². The lowest BCUT2D eigenvalue weighted by atomic mass is 10.3. The fraction of sp³-hybridized carbons (Fsp3) is 0.429. The van der Waals surface area contributed by atoms with Crippen LogP contribution >= 0.6 is 0 Å². The quantitative estimate of drug-likeness (QED) is 0.665. The molecule has 0 saturated carbocycles. The maximum Gasteiger partial charge on any atom is 0.280 e. The van der Waals surface area contributed by atoms with E-state index in [1.165, 1.54) is 0 Å². The van der Waals surface area contributed by atoms with Gasteiger partial charge in [0.25, 0.3) is 5.56 Å². The zero-order chi connectivity index (χ0) is 14.9. The fourth-order valence-electron chi connectivity index (χ4n) is 2.73. The van der Waals surface area contributed by atoms with E-state index < -0.39 is 0 Å². The molecule has 3 aromatic heterocycles. The molecular weight excluding hydrogens is 284 g/mol. The van der Waals surface area contributed by atoms with Gasteiger partial charge in [0.05, 0.1) is 19.4 Å². The maximum atomic E-state index is 12.5. The second kappa shape index (κ2) is 5.47. The van der Waals surface area contributed by atoms with Gasteiger partial charge in [-0.15, -0.1) is 10.2 Å². The van der Waals surface area contributed by atoms with Crippen LogP contribution in [-0.4, -0.2) is 62.1 Å². The van der Waals surface area contributed by atoms with E-state index in [4.69, 9.17) is 4.74 Å².